The van der Waals surface area contributed by atoms with Crippen molar-refractivity contribution in [3.05, 3.63) is 30.0 Å². The highest BCUT2D eigenvalue weighted by molar-refractivity contribution is 6.12. The lowest BCUT2D eigenvalue weighted by molar-refractivity contribution is 0.0953. The van der Waals surface area contributed by atoms with Crippen LogP contribution in [0.5, 0.6) is 5.75 Å². The lowest BCUT2D eigenvalue weighted by atomic mass is 10.0. The molecule has 2 aliphatic carbocycles. The van der Waals surface area contributed by atoms with Crippen LogP contribution in [-0.2, 0) is 0 Å². The quantitative estimate of drug-likeness (QED) is 0.854. The Morgan fingerprint density at radius 1 is 1.32 bits per heavy atom. The second kappa shape index (κ2) is 3.86. The molecule has 0 radical (unpaired) electrons. The molecule has 3 nitrogen and oxygen atoms in total. The van der Waals surface area contributed by atoms with Crippen LogP contribution in [-0.4, -0.2) is 17.9 Å². The van der Waals surface area contributed by atoms with E-state index in [2.05, 4.69) is 4.98 Å². The highest BCUT2D eigenvalue weighted by atomic mass is 16.5. The van der Waals surface area contributed by atoms with Crippen LogP contribution in [0.2, 0.25) is 0 Å². The summed E-state index contributed by atoms with van der Waals surface area (Å²) in [6, 6.07) is 5.85. The first kappa shape index (κ1) is 11.1. The summed E-state index contributed by atoms with van der Waals surface area (Å²) < 4.78 is 5.40. The molecule has 0 aliphatic heterocycles. The highest BCUT2D eigenvalue weighted by Crippen LogP contribution is 2.58. The van der Waals surface area contributed by atoms with Crippen LogP contribution in [0.15, 0.2) is 24.4 Å². The van der Waals surface area contributed by atoms with Crippen molar-refractivity contribution in [1.82, 2.24) is 4.98 Å². The normalized spacial score (nSPS) is 28.4. The molecule has 0 amide bonds. The van der Waals surface area contributed by atoms with E-state index >= 15 is 0 Å². The minimum absolute atomic E-state index is 0.276. The van der Waals surface area contributed by atoms with Gasteiger partial charge in [0.1, 0.15) is 5.75 Å². The summed E-state index contributed by atoms with van der Waals surface area (Å²) in [6.07, 6.45) is 5.63. The molecule has 4 rings (SSSR count). The van der Waals surface area contributed by atoms with Crippen molar-refractivity contribution in [2.24, 2.45) is 17.8 Å². The predicted octanol–water partition coefficient (Wildman–Crippen LogP) is 3.41. The number of carbonyl (C=O) groups is 1. The highest BCUT2D eigenvalue weighted by Gasteiger charge is 2.56. The summed E-state index contributed by atoms with van der Waals surface area (Å²) in [7, 11) is 1.65. The molecule has 2 aliphatic rings. The van der Waals surface area contributed by atoms with Crippen molar-refractivity contribution in [1.29, 1.82) is 0 Å². The lowest BCUT2D eigenvalue weighted by Crippen LogP contribution is -2.05. The Morgan fingerprint density at radius 2 is 2.11 bits per heavy atom. The second-order valence-electron chi connectivity index (χ2n) is 5.73. The smallest absolute Gasteiger partial charge is 0.168 e. The Hall–Kier alpha value is -1.77. The summed E-state index contributed by atoms with van der Waals surface area (Å²) in [5, 5.41) is 0.944. The maximum absolute atomic E-state index is 12.7. The average Bonchev–Trinajstić information content (AvgIpc) is 2.84. The van der Waals surface area contributed by atoms with Gasteiger partial charge in [-0.2, -0.15) is 0 Å². The molecule has 2 unspecified atom stereocenters. The maximum Gasteiger partial charge on any atom is 0.168 e. The van der Waals surface area contributed by atoms with Gasteiger partial charge < -0.3 is 9.72 Å². The SMILES string of the molecule is COc1cccc2[nH]cc(C(=O)C3C4CCCC43)c12. The zero-order valence-electron chi connectivity index (χ0n) is 11.0. The van der Waals surface area contributed by atoms with Crippen molar-refractivity contribution in [3.63, 3.8) is 0 Å². The molecule has 2 saturated carbocycles. The van der Waals surface area contributed by atoms with Crippen LogP contribution in [0, 0.1) is 17.8 Å². The Morgan fingerprint density at radius 3 is 2.84 bits per heavy atom. The molecule has 2 atom stereocenters. The molecule has 98 valence electrons. The third-order valence-corrected chi connectivity index (χ3v) is 4.86. The first-order valence-corrected chi connectivity index (χ1v) is 6.99. The van der Waals surface area contributed by atoms with Crippen LogP contribution in [0.3, 0.4) is 0 Å². The van der Waals surface area contributed by atoms with E-state index in [1.807, 2.05) is 24.4 Å². The van der Waals surface area contributed by atoms with E-state index in [1.54, 1.807) is 7.11 Å². The fourth-order valence-electron chi connectivity index (χ4n) is 3.91. The molecule has 0 saturated heterocycles. The number of nitrogens with one attached hydrogen (secondary N) is 1. The first-order valence-electron chi connectivity index (χ1n) is 6.99. The van der Waals surface area contributed by atoms with Crippen molar-refractivity contribution in [2.45, 2.75) is 19.3 Å². The van der Waals surface area contributed by atoms with Gasteiger partial charge in [0.2, 0.25) is 0 Å². The maximum atomic E-state index is 12.7. The number of ketones is 1. The Balaban J connectivity index is 1.77. The molecule has 0 spiro atoms. The zero-order valence-corrected chi connectivity index (χ0v) is 11.0. The van der Waals surface area contributed by atoms with Gasteiger partial charge in [-0.3, -0.25) is 4.79 Å². The molecule has 2 fully saturated rings. The second-order valence-corrected chi connectivity index (χ2v) is 5.73. The van der Waals surface area contributed by atoms with Gasteiger partial charge in [0, 0.05) is 23.2 Å². The van der Waals surface area contributed by atoms with Crippen LogP contribution >= 0.6 is 0 Å². The third-order valence-electron chi connectivity index (χ3n) is 4.86. The largest absolute Gasteiger partial charge is 0.496 e. The molecule has 1 aromatic carbocycles. The van der Waals surface area contributed by atoms with Crippen LogP contribution in [0.4, 0.5) is 0 Å². The summed E-state index contributed by atoms with van der Waals surface area (Å²) in [5.74, 6) is 2.69. The van der Waals surface area contributed by atoms with Gasteiger partial charge in [0.25, 0.3) is 0 Å². The molecular formula is C16H17NO2. The molecule has 19 heavy (non-hydrogen) atoms. The standard InChI is InChI=1S/C16H17NO2/c1-19-13-7-3-6-12-15(13)11(8-17-12)16(18)14-9-4-2-5-10(9)14/h3,6-10,14,17H,2,4-5H2,1H3. The van der Waals surface area contributed by atoms with E-state index in [1.165, 1.54) is 19.3 Å². The van der Waals surface area contributed by atoms with Gasteiger partial charge in [0.15, 0.2) is 5.78 Å². The monoisotopic (exact) mass is 255 g/mol. The van der Waals surface area contributed by atoms with Gasteiger partial charge in [-0.25, -0.2) is 0 Å². The summed E-state index contributed by atoms with van der Waals surface area (Å²) in [6.45, 7) is 0. The van der Waals surface area contributed by atoms with Crippen molar-refractivity contribution in [3.8, 4) is 5.75 Å². The number of aromatic nitrogens is 1. The molecule has 1 N–H and O–H groups in total. The number of carbonyl (C=O) groups excluding carboxylic acids is 1. The number of rotatable bonds is 3. The van der Waals surface area contributed by atoms with Crippen molar-refractivity contribution >= 4 is 16.7 Å². The summed E-state index contributed by atoms with van der Waals surface area (Å²) in [5.41, 5.74) is 1.79. The fraction of sp³-hybridized carbons (Fsp3) is 0.438. The summed E-state index contributed by atoms with van der Waals surface area (Å²) in [4.78, 5) is 15.9. The van der Waals surface area contributed by atoms with Crippen molar-refractivity contribution < 1.29 is 9.53 Å². The third kappa shape index (κ3) is 1.47. The van der Waals surface area contributed by atoms with E-state index in [9.17, 15) is 4.79 Å². The van der Waals surface area contributed by atoms with Gasteiger partial charge in [-0.15, -0.1) is 0 Å². The number of hydrogen-bond donors (Lipinski definition) is 1. The van der Waals surface area contributed by atoms with Gasteiger partial charge >= 0.3 is 0 Å². The topological polar surface area (TPSA) is 42.1 Å². The Kier molecular flexibility index (Phi) is 2.25. The number of Topliss-reactive ketones (excluding diaryl/α,β-unsaturated/α-hetero) is 1. The van der Waals surface area contributed by atoms with E-state index in [0.717, 1.165) is 22.2 Å². The van der Waals surface area contributed by atoms with E-state index < -0.39 is 0 Å². The van der Waals surface area contributed by atoms with E-state index in [-0.39, 0.29) is 5.92 Å². The van der Waals surface area contributed by atoms with Crippen LogP contribution < -0.4 is 4.74 Å². The summed E-state index contributed by atoms with van der Waals surface area (Å²) >= 11 is 0. The Bertz CT molecular complexity index is 648. The Labute approximate surface area is 112 Å². The number of hydrogen-bond acceptors (Lipinski definition) is 2. The van der Waals surface area contributed by atoms with Gasteiger partial charge in [-0.05, 0) is 36.8 Å². The molecular weight excluding hydrogens is 238 g/mol. The average molecular weight is 255 g/mol. The molecule has 0 bridgehead atoms. The minimum atomic E-state index is 0.276. The first-order chi connectivity index (χ1) is 9.31. The number of methoxy groups -OCH3 is 1. The van der Waals surface area contributed by atoms with Crippen LogP contribution in [0.25, 0.3) is 10.9 Å². The number of ether oxygens (including phenoxy) is 1. The van der Waals surface area contributed by atoms with Crippen molar-refractivity contribution in [2.75, 3.05) is 7.11 Å². The molecule has 3 heteroatoms. The van der Waals surface area contributed by atoms with Gasteiger partial charge in [0.05, 0.1) is 12.5 Å². The molecule has 1 aromatic heterocycles. The number of aromatic amines is 1. The van der Waals surface area contributed by atoms with E-state index in [4.69, 9.17) is 4.74 Å². The zero-order chi connectivity index (χ0) is 13.0. The molecule has 2 aromatic rings. The number of fused-ring (bicyclic) bond motifs is 2. The van der Waals surface area contributed by atoms with Gasteiger partial charge in [-0.1, -0.05) is 12.5 Å². The van der Waals surface area contributed by atoms with Crippen LogP contribution in [0.1, 0.15) is 29.6 Å². The minimum Gasteiger partial charge on any atom is -0.496 e. The number of H-pyrrole nitrogens is 1. The number of benzene rings is 1. The lowest BCUT2D eigenvalue weighted by Gasteiger charge is -2.05. The predicted molar refractivity (Wildman–Crippen MR) is 73.5 cm³/mol. The van der Waals surface area contributed by atoms with E-state index in [0.29, 0.717) is 17.6 Å². The molecule has 1 heterocycles. The fourth-order valence-corrected chi connectivity index (χ4v) is 3.91.